The Kier molecular flexibility index (Phi) is 4.54. The molecule has 3 heterocycles. The Labute approximate surface area is 168 Å². The molecule has 1 atom stereocenters. The van der Waals surface area contributed by atoms with Gasteiger partial charge < -0.3 is 4.57 Å². The van der Waals surface area contributed by atoms with Crippen molar-refractivity contribution in [2.75, 3.05) is 6.54 Å². The third-order valence-electron chi connectivity index (χ3n) is 6.09. The van der Waals surface area contributed by atoms with Crippen molar-refractivity contribution in [3.63, 3.8) is 0 Å². The van der Waals surface area contributed by atoms with Crippen LogP contribution in [0, 0.1) is 5.92 Å². The molecule has 2 fully saturated rings. The second-order valence-corrected chi connectivity index (χ2v) is 8.29. The molecule has 1 aliphatic carbocycles. The summed E-state index contributed by atoms with van der Waals surface area (Å²) >= 11 is 0. The first kappa shape index (κ1) is 18.2. The lowest BCUT2D eigenvalue weighted by Gasteiger charge is -2.26. The maximum atomic E-state index is 13.3. The highest BCUT2D eigenvalue weighted by atomic mass is 16.1. The van der Waals surface area contributed by atoms with Crippen LogP contribution in [0.3, 0.4) is 0 Å². The molecule has 0 amide bonds. The van der Waals surface area contributed by atoms with Gasteiger partial charge in [0.05, 0.1) is 22.6 Å². The fourth-order valence-electron chi connectivity index (χ4n) is 4.28. The van der Waals surface area contributed by atoms with Gasteiger partial charge in [-0.2, -0.15) is 4.98 Å². The van der Waals surface area contributed by atoms with Gasteiger partial charge in [0.2, 0.25) is 0 Å². The van der Waals surface area contributed by atoms with Crippen molar-refractivity contribution < 1.29 is 0 Å². The van der Waals surface area contributed by atoms with Crippen LogP contribution < -0.4 is 11.2 Å². The monoisotopic (exact) mass is 391 g/mol. The Bertz CT molecular complexity index is 1180. The lowest BCUT2D eigenvalue weighted by Crippen LogP contribution is -2.33. The molecule has 0 radical (unpaired) electrons. The Morgan fingerprint density at radius 2 is 1.90 bits per heavy atom. The number of hydrogen-bond acceptors (Lipinski definition) is 5. The minimum atomic E-state index is -0.243. The van der Waals surface area contributed by atoms with Crippen LogP contribution >= 0.6 is 0 Å². The number of hydrogen-bond donors (Lipinski definition) is 0. The Hall–Kier alpha value is -2.80. The van der Waals surface area contributed by atoms with E-state index in [-0.39, 0.29) is 17.3 Å². The Morgan fingerprint density at radius 3 is 2.69 bits per heavy atom. The van der Waals surface area contributed by atoms with Crippen molar-refractivity contribution in [1.82, 2.24) is 24.0 Å². The lowest BCUT2D eigenvalue weighted by molar-refractivity contribution is 0.229. The van der Waals surface area contributed by atoms with Crippen molar-refractivity contribution in [2.24, 2.45) is 13.0 Å². The molecular formula is C22H25N5O2. The number of likely N-dealkylation sites (tertiary alicyclic amines) is 1. The molecule has 1 saturated heterocycles. The average molecular weight is 391 g/mol. The third kappa shape index (κ3) is 3.51. The summed E-state index contributed by atoms with van der Waals surface area (Å²) in [6.45, 7) is 2.25. The summed E-state index contributed by atoms with van der Waals surface area (Å²) in [5, 5.41) is 0.690. The zero-order chi connectivity index (χ0) is 20.0. The number of fused-ring (bicyclic) bond motifs is 1. The summed E-state index contributed by atoms with van der Waals surface area (Å²) in [5.74, 6) is 1.45. The van der Waals surface area contributed by atoms with Gasteiger partial charge >= 0.3 is 5.69 Å². The molecule has 7 nitrogen and oxygen atoms in total. The van der Waals surface area contributed by atoms with E-state index in [1.807, 2.05) is 34.9 Å². The number of benzene rings is 1. The number of para-hydroxylation sites is 1. The molecule has 1 unspecified atom stereocenters. The van der Waals surface area contributed by atoms with Crippen molar-refractivity contribution in [3.05, 3.63) is 68.9 Å². The van der Waals surface area contributed by atoms with Crippen LogP contribution in [0.5, 0.6) is 0 Å². The van der Waals surface area contributed by atoms with Gasteiger partial charge in [-0.1, -0.05) is 12.1 Å². The minimum absolute atomic E-state index is 0.0658. The SMILES string of the molecule is Cn1ccc(CN2CCCC2c2nc3ccccc3c(=O)n2CC2CC2)nc1=O. The molecule has 150 valence electrons. The standard InChI is InChI=1S/C22H25N5O2/c1-25-12-10-16(23-22(25)29)14-26-11-4-7-19(26)20-24-18-6-3-2-5-17(18)21(28)27(20)13-15-8-9-15/h2-3,5-6,10,12,15,19H,4,7-9,11,13-14H2,1H3. The van der Waals surface area contributed by atoms with Crippen LogP contribution in [0.25, 0.3) is 10.9 Å². The summed E-state index contributed by atoms with van der Waals surface area (Å²) in [6.07, 6.45) is 6.13. The van der Waals surface area contributed by atoms with Crippen LogP contribution in [0.15, 0.2) is 46.1 Å². The van der Waals surface area contributed by atoms with E-state index in [9.17, 15) is 9.59 Å². The fraction of sp³-hybridized carbons (Fsp3) is 0.455. The number of nitrogens with zero attached hydrogens (tertiary/aromatic N) is 5. The zero-order valence-corrected chi connectivity index (χ0v) is 16.6. The first-order chi connectivity index (χ1) is 14.1. The van der Waals surface area contributed by atoms with Gasteiger partial charge in [-0.15, -0.1) is 0 Å². The summed E-state index contributed by atoms with van der Waals surface area (Å²) in [5.41, 5.74) is 1.35. The van der Waals surface area contributed by atoms with Crippen LogP contribution in [0.4, 0.5) is 0 Å². The highest BCUT2D eigenvalue weighted by Gasteiger charge is 2.32. The van der Waals surface area contributed by atoms with Gasteiger partial charge in [0.25, 0.3) is 5.56 Å². The molecule has 2 aliphatic rings. The number of aromatic nitrogens is 4. The minimum Gasteiger partial charge on any atom is -0.302 e. The molecule has 29 heavy (non-hydrogen) atoms. The number of rotatable bonds is 5. The molecule has 0 bridgehead atoms. The van der Waals surface area contributed by atoms with E-state index in [1.54, 1.807) is 13.2 Å². The first-order valence-corrected chi connectivity index (χ1v) is 10.4. The van der Waals surface area contributed by atoms with Crippen molar-refractivity contribution >= 4 is 10.9 Å². The van der Waals surface area contributed by atoms with Crippen molar-refractivity contribution in [3.8, 4) is 0 Å². The van der Waals surface area contributed by atoms with Crippen LogP contribution in [-0.4, -0.2) is 30.5 Å². The molecule has 1 aromatic carbocycles. The largest absolute Gasteiger partial charge is 0.347 e. The van der Waals surface area contributed by atoms with Gasteiger partial charge in [-0.25, -0.2) is 9.78 Å². The quantitative estimate of drug-likeness (QED) is 0.667. The summed E-state index contributed by atoms with van der Waals surface area (Å²) in [4.78, 5) is 36.6. The first-order valence-electron chi connectivity index (χ1n) is 10.4. The second kappa shape index (κ2) is 7.22. The maximum Gasteiger partial charge on any atom is 0.347 e. The molecule has 7 heteroatoms. The Balaban J connectivity index is 1.54. The normalized spacial score (nSPS) is 19.8. The molecule has 5 rings (SSSR count). The van der Waals surface area contributed by atoms with Gasteiger partial charge in [0.15, 0.2) is 0 Å². The van der Waals surface area contributed by atoms with E-state index in [2.05, 4.69) is 9.88 Å². The highest BCUT2D eigenvalue weighted by Crippen LogP contribution is 2.35. The zero-order valence-electron chi connectivity index (χ0n) is 16.6. The van der Waals surface area contributed by atoms with E-state index >= 15 is 0 Å². The van der Waals surface area contributed by atoms with Gasteiger partial charge in [0, 0.05) is 26.3 Å². The summed E-state index contributed by atoms with van der Waals surface area (Å²) in [7, 11) is 1.70. The van der Waals surface area contributed by atoms with Crippen molar-refractivity contribution in [2.45, 2.75) is 44.8 Å². The highest BCUT2D eigenvalue weighted by molar-refractivity contribution is 5.77. The predicted octanol–water partition coefficient (Wildman–Crippen LogP) is 2.24. The van der Waals surface area contributed by atoms with Crippen molar-refractivity contribution in [1.29, 1.82) is 0 Å². The molecule has 0 N–H and O–H groups in total. The molecule has 0 spiro atoms. The topological polar surface area (TPSA) is 73.0 Å². The lowest BCUT2D eigenvalue weighted by atomic mass is 10.1. The second-order valence-electron chi connectivity index (χ2n) is 8.29. The Morgan fingerprint density at radius 1 is 1.07 bits per heavy atom. The summed E-state index contributed by atoms with van der Waals surface area (Å²) < 4.78 is 3.39. The van der Waals surface area contributed by atoms with E-state index in [1.165, 1.54) is 17.4 Å². The van der Waals surface area contributed by atoms with E-state index in [0.29, 0.717) is 17.8 Å². The van der Waals surface area contributed by atoms with Gasteiger partial charge in [-0.3, -0.25) is 14.3 Å². The van der Waals surface area contributed by atoms with E-state index in [4.69, 9.17) is 4.98 Å². The summed E-state index contributed by atoms with van der Waals surface area (Å²) in [6, 6.07) is 9.58. The van der Waals surface area contributed by atoms with Gasteiger partial charge in [-0.05, 0) is 56.3 Å². The van der Waals surface area contributed by atoms with Crippen LogP contribution in [0.1, 0.15) is 43.2 Å². The van der Waals surface area contributed by atoms with Crippen LogP contribution in [-0.2, 0) is 20.1 Å². The smallest absolute Gasteiger partial charge is 0.302 e. The molecular weight excluding hydrogens is 366 g/mol. The number of aryl methyl sites for hydroxylation is 1. The predicted molar refractivity (Wildman–Crippen MR) is 111 cm³/mol. The van der Waals surface area contributed by atoms with Gasteiger partial charge in [0.1, 0.15) is 5.82 Å². The molecule has 2 aromatic heterocycles. The molecule has 1 saturated carbocycles. The maximum absolute atomic E-state index is 13.3. The third-order valence-corrected chi connectivity index (χ3v) is 6.09. The molecule has 1 aliphatic heterocycles. The fourth-order valence-corrected chi connectivity index (χ4v) is 4.28. The van der Waals surface area contributed by atoms with Crippen LogP contribution in [0.2, 0.25) is 0 Å². The van der Waals surface area contributed by atoms with E-state index in [0.717, 1.165) is 43.0 Å². The van der Waals surface area contributed by atoms with E-state index < -0.39 is 0 Å². The molecule has 3 aromatic rings. The average Bonchev–Trinajstić information content (AvgIpc) is 3.43.